The Morgan fingerprint density at radius 1 is 1.13 bits per heavy atom. The summed E-state index contributed by atoms with van der Waals surface area (Å²) in [6.07, 6.45) is 3.50. The lowest BCUT2D eigenvalue weighted by Crippen LogP contribution is -2.49. The quantitative estimate of drug-likeness (QED) is 0.149. The second-order valence-corrected chi connectivity index (χ2v) is 13.4. The number of hydrogen-bond donors (Lipinski definition) is 2. The van der Waals surface area contributed by atoms with Gasteiger partial charge in [-0.15, -0.1) is 11.8 Å². The van der Waals surface area contributed by atoms with Gasteiger partial charge in [-0.2, -0.15) is 5.10 Å². The summed E-state index contributed by atoms with van der Waals surface area (Å²) in [6, 6.07) is 11.1. The fourth-order valence-electron chi connectivity index (χ4n) is 4.85. The van der Waals surface area contributed by atoms with E-state index >= 15 is 0 Å². The molecule has 0 bridgehead atoms. The largest absolute Gasteiger partial charge is 0.507 e. The first kappa shape index (κ1) is 34.7. The number of carbonyl (C=O) groups is 3. The van der Waals surface area contributed by atoms with Gasteiger partial charge in [0.2, 0.25) is 5.91 Å². The third-order valence-electron chi connectivity index (χ3n) is 6.92. The number of anilines is 1. The first-order valence-electron chi connectivity index (χ1n) is 15.1. The van der Waals surface area contributed by atoms with Crippen LogP contribution in [0, 0.1) is 11.8 Å². The number of nitrogens with zero attached hydrogens (tertiary/aromatic N) is 3. The smallest absolute Gasteiger partial charge is 0.411 e. The molecule has 2 aromatic carbocycles. The van der Waals surface area contributed by atoms with Crippen molar-refractivity contribution in [2.45, 2.75) is 70.4 Å². The van der Waals surface area contributed by atoms with Crippen molar-refractivity contribution in [3.05, 3.63) is 64.8 Å². The highest BCUT2D eigenvalue weighted by atomic mass is 35.5. The predicted molar refractivity (Wildman–Crippen MR) is 180 cm³/mol. The third kappa shape index (κ3) is 9.44. The lowest BCUT2D eigenvalue weighted by atomic mass is 10.1. The minimum Gasteiger partial charge on any atom is -0.507 e. The lowest BCUT2D eigenvalue weighted by molar-refractivity contribution is -0.143. The third-order valence-corrected chi connectivity index (χ3v) is 8.51. The van der Waals surface area contributed by atoms with Crippen molar-refractivity contribution in [1.82, 2.24) is 14.7 Å². The molecule has 1 saturated heterocycles. The molecule has 3 aromatic rings. The van der Waals surface area contributed by atoms with Crippen LogP contribution in [0.5, 0.6) is 5.75 Å². The Hall–Kier alpha value is -4.14. The fourth-order valence-corrected chi connectivity index (χ4v) is 6.46. The van der Waals surface area contributed by atoms with E-state index in [1.54, 1.807) is 82.0 Å². The SMILES string of the molecule is CCOC(=O)CCCCC1SC[C@@H](C(=O)Nc2ccc(C#Cc3cn(C)nc3-c3cc(Cl)ccc3O)cc2)N1C(=O)OC(C)(C)C. The van der Waals surface area contributed by atoms with E-state index in [-0.39, 0.29) is 23.0 Å². The van der Waals surface area contributed by atoms with Crippen LogP contribution in [0.25, 0.3) is 11.3 Å². The molecule has 1 fully saturated rings. The lowest BCUT2D eigenvalue weighted by Gasteiger charge is -2.31. The van der Waals surface area contributed by atoms with Gasteiger partial charge >= 0.3 is 12.1 Å². The number of benzene rings is 2. The summed E-state index contributed by atoms with van der Waals surface area (Å²) in [7, 11) is 1.77. The monoisotopic (exact) mass is 666 g/mol. The number of unbranched alkanes of at least 4 members (excludes halogenated alkanes) is 1. The second-order valence-electron chi connectivity index (χ2n) is 11.8. The van der Waals surface area contributed by atoms with Crippen LogP contribution >= 0.6 is 23.4 Å². The molecule has 2 amide bonds. The Balaban J connectivity index is 1.43. The van der Waals surface area contributed by atoms with Crippen molar-refractivity contribution in [3.63, 3.8) is 0 Å². The second kappa shape index (κ2) is 15.4. The molecule has 10 nitrogen and oxygen atoms in total. The van der Waals surface area contributed by atoms with Crippen molar-refractivity contribution in [3.8, 4) is 28.8 Å². The van der Waals surface area contributed by atoms with Crippen LogP contribution in [-0.4, -0.2) is 67.1 Å². The van der Waals surface area contributed by atoms with Gasteiger partial charge in [0.25, 0.3) is 0 Å². The molecule has 0 saturated carbocycles. The number of ether oxygens (including phenoxy) is 2. The number of carbonyl (C=O) groups excluding carboxylic acids is 3. The van der Waals surface area contributed by atoms with Crippen LogP contribution in [-0.2, 0) is 26.1 Å². The van der Waals surface area contributed by atoms with Crippen LogP contribution in [0.2, 0.25) is 5.02 Å². The van der Waals surface area contributed by atoms with Crippen molar-refractivity contribution in [1.29, 1.82) is 0 Å². The summed E-state index contributed by atoms with van der Waals surface area (Å²) in [5.74, 6) is 6.15. The summed E-state index contributed by atoms with van der Waals surface area (Å²) in [4.78, 5) is 39.9. The minimum atomic E-state index is -0.721. The van der Waals surface area contributed by atoms with Gasteiger partial charge in [0.05, 0.1) is 17.5 Å². The normalized spacial score (nSPS) is 16.0. The van der Waals surface area contributed by atoms with E-state index < -0.39 is 17.7 Å². The molecule has 1 aliphatic heterocycles. The van der Waals surface area contributed by atoms with E-state index in [9.17, 15) is 19.5 Å². The number of phenols is 1. The van der Waals surface area contributed by atoms with Crippen LogP contribution < -0.4 is 5.32 Å². The van der Waals surface area contributed by atoms with Gasteiger partial charge in [-0.25, -0.2) is 4.79 Å². The standard InChI is InChI=1S/C34H39ClN4O6S/c1-6-44-30(41)10-8-7-9-29-39(33(43)45-34(2,3)4)27(21-46-29)32(42)36-25-16-12-22(13-17-25)11-14-23-20-38(5)37-31(23)26-19-24(35)15-18-28(26)40/h12-13,15-20,27,29,40H,6-10,21H2,1-5H3,(H,36,42)/t27-,29?/m0/s1. The average molecular weight is 667 g/mol. The average Bonchev–Trinajstić information content (AvgIpc) is 3.59. The molecule has 0 aliphatic carbocycles. The molecule has 1 aromatic heterocycles. The van der Waals surface area contributed by atoms with Crippen LogP contribution in [0.4, 0.5) is 10.5 Å². The summed E-state index contributed by atoms with van der Waals surface area (Å²) in [5, 5.41) is 17.9. The number of amides is 2. The maximum atomic E-state index is 13.5. The molecule has 12 heteroatoms. The van der Waals surface area contributed by atoms with Crippen LogP contribution in [0.15, 0.2) is 48.7 Å². The van der Waals surface area contributed by atoms with E-state index in [4.69, 9.17) is 21.1 Å². The summed E-state index contributed by atoms with van der Waals surface area (Å²) in [5.41, 5.74) is 2.17. The molecule has 0 radical (unpaired) electrons. The van der Waals surface area contributed by atoms with E-state index in [1.165, 1.54) is 22.7 Å². The highest BCUT2D eigenvalue weighted by Gasteiger charge is 2.43. The first-order chi connectivity index (χ1) is 21.8. The molecular weight excluding hydrogens is 628 g/mol. The summed E-state index contributed by atoms with van der Waals surface area (Å²) in [6.45, 7) is 7.49. The number of hydrogen-bond acceptors (Lipinski definition) is 8. The number of nitrogens with one attached hydrogen (secondary N) is 1. The Morgan fingerprint density at radius 3 is 2.57 bits per heavy atom. The number of rotatable bonds is 9. The van der Waals surface area contributed by atoms with Crippen molar-refractivity contribution in [2.75, 3.05) is 17.7 Å². The van der Waals surface area contributed by atoms with Crippen LogP contribution in [0.1, 0.15) is 64.5 Å². The van der Waals surface area contributed by atoms with Gasteiger partial charge in [0.15, 0.2) is 0 Å². The van der Waals surface area contributed by atoms with E-state index in [0.29, 0.717) is 71.1 Å². The highest BCUT2D eigenvalue weighted by Crippen LogP contribution is 2.35. The topological polar surface area (TPSA) is 123 Å². The van der Waals surface area contributed by atoms with E-state index in [1.807, 2.05) is 0 Å². The Bertz CT molecular complexity index is 1620. The number of aryl methyl sites for hydroxylation is 1. The zero-order chi connectivity index (χ0) is 33.4. The molecule has 46 heavy (non-hydrogen) atoms. The molecule has 2 heterocycles. The molecule has 1 unspecified atom stereocenters. The highest BCUT2D eigenvalue weighted by molar-refractivity contribution is 8.00. The molecule has 1 aliphatic rings. The van der Waals surface area contributed by atoms with Crippen molar-refractivity contribution < 1.29 is 29.0 Å². The summed E-state index contributed by atoms with van der Waals surface area (Å²) < 4.78 is 12.3. The van der Waals surface area contributed by atoms with Gasteiger partial charge in [0, 0.05) is 47.3 Å². The minimum absolute atomic E-state index is 0.0532. The van der Waals surface area contributed by atoms with Crippen LogP contribution in [0.3, 0.4) is 0 Å². The molecular formula is C34H39ClN4O6S. The van der Waals surface area contributed by atoms with Gasteiger partial charge in [0.1, 0.15) is 23.1 Å². The molecule has 244 valence electrons. The number of aromatic hydroxyl groups is 1. The fraction of sp³-hybridized carbons (Fsp3) is 0.412. The van der Waals surface area contributed by atoms with E-state index in [0.717, 1.165) is 0 Å². The van der Waals surface area contributed by atoms with Gasteiger partial charge in [-0.1, -0.05) is 23.4 Å². The van der Waals surface area contributed by atoms with Crippen molar-refractivity contribution >= 4 is 47.0 Å². The maximum Gasteiger partial charge on any atom is 0.411 e. The van der Waals surface area contributed by atoms with Crippen molar-refractivity contribution in [2.24, 2.45) is 7.05 Å². The zero-order valence-electron chi connectivity index (χ0n) is 26.6. The Labute approximate surface area is 278 Å². The van der Waals surface area contributed by atoms with Gasteiger partial charge in [-0.05, 0) is 89.4 Å². The predicted octanol–water partition coefficient (Wildman–Crippen LogP) is 6.59. The maximum absolute atomic E-state index is 13.5. The number of phenolic OH excluding ortho intramolecular Hbond substituents is 1. The summed E-state index contributed by atoms with van der Waals surface area (Å²) >= 11 is 7.67. The number of esters is 1. The first-order valence-corrected chi connectivity index (χ1v) is 16.5. The van der Waals surface area contributed by atoms with E-state index in [2.05, 4.69) is 22.3 Å². The van der Waals surface area contributed by atoms with Gasteiger partial charge in [-0.3, -0.25) is 19.2 Å². The van der Waals surface area contributed by atoms with Gasteiger partial charge < -0.3 is 19.9 Å². The molecule has 0 spiro atoms. The number of aromatic nitrogens is 2. The molecule has 4 rings (SSSR count). The number of halogens is 1. The molecule has 2 N–H and O–H groups in total. The molecule has 2 atom stereocenters. The Kier molecular flexibility index (Phi) is 11.7. The zero-order valence-corrected chi connectivity index (χ0v) is 28.2. The number of thioether (sulfide) groups is 1. The Morgan fingerprint density at radius 2 is 1.87 bits per heavy atom.